The molecule has 0 radical (unpaired) electrons. The molecule has 6 nitrogen and oxygen atoms in total. The SMILES string of the molecule is CCC(CC)C(=O)N1CCC2(CC1)CC(c1noc(-c3ccccc3)n1)N(C)C2. The summed E-state index contributed by atoms with van der Waals surface area (Å²) in [6.07, 6.45) is 5.02. The lowest BCUT2D eigenvalue weighted by atomic mass is 9.76. The van der Waals surface area contributed by atoms with E-state index < -0.39 is 0 Å². The van der Waals surface area contributed by atoms with Gasteiger partial charge in [-0.25, -0.2) is 0 Å². The van der Waals surface area contributed by atoms with Crippen LogP contribution in [0.5, 0.6) is 0 Å². The zero-order valence-electron chi connectivity index (χ0n) is 17.8. The van der Waals surface area contributed by atoms with E-state index in [2.05, 4.69) is 35.9 Å². The van der Waals surface area contributed by atoms with Gasteiger partial charge in [0, 0.05) is 31.1 Å². The zero-order valence-corrected chi connectivity index (χ0v) is 17.8. The van der Waals surface area contributed by atoms with Crippen LogP contribution in [0.3, 0.4) is 0 Å². The number of hydrogen-bond acceptors (Lipinski definition) is 5. The number of likely N-dealkylation sites (tertiary alicyclic amines) is 2. The van der Waals surface area contributed by atoms with Crippen LogP contribution in [0.25, 0.3) is 11.5 Å². The van der Waals surface area contributed by atoms with Gasteiger partial charge in [-0.05, 0) is 56.7 Å². The van der Waals surface area contributed by atoms with E-state index in [0.29, 0.717) is 11.8 Å². The normalized spacial score (nSPS) is 21.9. The zero-order chi connectivity index (χ0) is 20.4. The lowest BCUT2D eigenvalue weighted by Crippen LogP contribution is -2.46. The first-order valence-corrected chi connectivity index (χ1v) is 10.9. The molecule has 6 heteroatoms. The monoisotopic (exact) mass is 396 g/mol. The topological polar surface area (TPSA) is 62.5 Å². The molecule has 156 valence electrons. The van der Waals surface area contributed by atoms with Gasteiger partial charge in [0.2, 0.25) is 5.91 Å². The first kappa shape index (κ1) is 20.1. The molecule has 0 bridgehead atoms. The van der Waals surface area contributed by atoms with Crippen LogP contribution >= 0.6 is 0 Å². The molecule has 29 heavy (non-hydrogen) atoms. The van der Waals surface area contributed by atoms with E-state index in [1.807, 2.05) is 30.3 Å². The highest BCUT2D eigenvalue weighted by atomic mass is 16.5. The van der Waals surface area contributed by atoms with Gasteiger partial charge in [0.05, 0.1) is 6.04 Å². The predicted molar refractivity (Wildman–Crippen MR) is 112 cm³/mol. The Kier molecular flexibility index (Phi) is 5.72. The Morgan fingerprint density at radius 2 is 1.90 bits per heavy atom. The van der Waals surface area contributed by atoms with Crippen molar-refractivity contribution in [3.8, 4) is 11.5 Å². The number of benzene rings is 1. The second-order valence-corrected chi connectivity index (χ2v) is 8.80. The summed E-state index contributed by atoms with van der Waals surface area (Å²) < 4.78 is 5.55. The molecule has 2 aliphatic heterocycles. The second kappa shape index (κ2) is 8.27. The highest BCUT2D eigenvalue weighted by molar-refractivity contribution is 5.78. The van der Waals surface area contributed by atoms with Gasteiger partial charge in [0.1, 0.15) is 0 Å². The van der Waals surface area contributed by atoms with Gasteiger partial charge in [-0.15, -0.1) is 0 Å². The second-order valence-electron chi connectivity index (χ2n) is 8.80. The van der Waals surface area contributed by atoms with Gasteiger partial charge in [0.25, 0.3) is 5.89 Å². The Labute approximate surface area is 173 Å². The fourth-order valence-corrected chi connectivity index (χ4v) is 5.09. The van der Waals surface area contributed by atoms with Crippen molar-refractivity contribution < 1.29 is 9.32 Å². The molecule has 1 unspecified atom stereocenters. The van der Waals surface area contributed by atoms with Crippen LogP contribution < -0.4 is 0 Å². The van der Waals surface area contributed by atoms with Crippen molar-refractivity contribution in [2.45, 2.75) is 52.0 Å². The van der Waals surface area contributed by atoms with Crippen LogP contribution in [0.4, 0.5) is 0 Å². The summed E-state index contributed by atoms with van der Waals surface area (Å²) >= 11 is 0. The highest BCUT2D eigenvalue weighted by Crippen LogP contribution is 2.48. The molecule has 1 atom stereocenters. The number of amides is 1. The number of hydrogen-bond donors (Lipinski definition) is 0. The summed E-state index contributed by atoms with van der Waals surface area (Å²) in [6, 6.07) is 10.1. The first-order valence-electron chi connectivity index (χ1n) is 10.9. The Morgan fingerprint density at radius 3 is 2.55 bits per heavy atom. The van der Waals surface area contributed by atoms with E-state index in [4.69, 9.17) is 9.51 Å². The van der Waals surface area contributed by atoms with Crippen LogP contribution in [0.1, 0.15) is 57.8 Å². The third-order valence-corrected chi connectivity index (χ3v) is 6.97. The van der Waals surface area contributed by atoms with Gasteiger partial charge in [-0.1, -0.05) is 37.2 Å². The van der Waals surface area contributed by atoms with E-state index in [0.717, 1.165) is 63.1 Å². The van der Waals surface area contributed by atoms with E-state index in [1.165, 1.54) is 0 Å². The van der Waals surface area contributed by atoms with Crippen molar-refractivity contribution in [3.63, 3.8) is 0 Å². The van der Waals surface area contributed by atoms with Gasteiger partial charge in [0.15, 0.2) is 5.82 Å². The maximum atomic E-state index is 12.7. The minimum Gasteiger partial charge on any atom is -0.342 e. The fraction of sp³-hybridized carbons (Fsp3) is 0.609. The highest BCUT2D eigenvalue weighted by Gasteiger charge is 2.46. The molecular formula is C23H32N4O2. The summed E-state index contributed by atoms with van der Waals surface area (Å²) in [4.78, 5) is 21.9. The largest absolute Gasteiger partial charge is 0.342 e. The number of aromatic nitrogens is 2. The number of piperidine rings is 1. The van der Waals surface area contributed by atoms with E-state index in [-0.39, 0.29) is 17.4 Å². The minimum atomic E-state index is 0.178. The van der Waals surface area contributed by atoms with Crippen molar-refractivity contribution in [1.29, 1.82) is 0 Å². The van der Waals surface area contributed by atoms with Crippen LogP contribution in [0.2, 0.25) is 0 Å². The van der Waals surface area contributed by atoms with E-state index >= 15 is 0 Å². The fourth-order valence-electron chi connectivity index (χ4n) is 5.09. The summed E-state index contributed by atoms with van der Waals surface area (Å²) in [5, 5.41) is 4.30. The summed E-state index contributed by atoms with van der Waals surface area (Å²) in [5.41, 5.74) is 1.20. The lowest BCUT2D eigenvalue weighted by molar-refractivity contribution is -0.138. The predicted octanol–water partition coefficient (Wildman–Crippen LogP) is 4.16. The van der Waals surface area contributed by atoms with Crippen LogP contribution in [-0.2, 0) is 4.79 Å². The molecule has 1 aromatic carbocycles. The molecule has 4 rings (SSSR count). The summed E-state index contributed by atoms with van der Waals surface area (Å²) in [5.74, 6) is 1.89. The number of carbonyl (C=O) groups excluding carboxylic acids is 1. The Morgan fingerprint density at radius 1 is 1.21 bits per heavy atom. The van der Waals surface area contributed by atoms with Crippen molar-refractivity contribution in [1.82, 2.24) is 19.9 Å². The number of carbonyl (C=O) groups is 1. The quantitative estimate of drug-likeness (QED) is 0.759. The average Bonchev–Trinajstić information content (AvgIpc) is 3.35. The third-order valence-electron chi connectivity index (χ3n) is 6.97. The van der Waals surface area contributed by atoms with E-state index in [1.54, 1.807) is 0 Å². The standard InChI is InChI=1S/C23H32N4O2/c1-4-17(5-2)22(28)27-13-11-23(12-14-27)15-19(26(3)16-23)20-24-21(29-25-20)18-9-7-6-8-10-18/h6-10,17,19H,4-5,11-16H2,1-3H3. The Balaban J connectivity index is 1.42. The van der Waals surface area contributed by atoms with Crippen LogP contribution in [-0.4, -0.2) is 52.5 Å². The van der Waals surface area contributed by atoms with Crippen LogP contribution in [0, 0.1) is 11.3 Å². The molecule has 1 aromatic heterocycles. The summed E-state index contributed by atoms with van der Waals surface area (Å²) in [6.45, 7) is 7.00. The Bertz CT molecular complexity index is 822. The maximum absolute atomic E-state index is 12.7. The third kappa shape index (κ3) is 3.95. The lowest BCUT2D eigenvalue weighted by Gasteiger charge is -2.40. The van der Waals surface area contributed by atoms with Gasteiger partial charge < -0.3 is 9.42 Å². The first-order chi connectivity index (χ1) is 14.0. The molecule has 0 N–H and O–H groups in total. The van der Waals surface area contributed by atoms with Crippen LogP contribution in [0.15, 0.2) is 34.9 Å². The maximum Gasteiger partial charge on any atom is 0.257 e. The molecule has 2 aromatic rings. The molecule has 2 fully saturated rings. The number of nitrogens with zero attached hydrogens (tertiary/aromatic N) is 4. The van der Waals surface area contributed by atoms with Gasteiger partial charge in [-0.3, -0.25) is 9.69 Å². The molecule has 0 saturated carbocycles. The van der Waals surface area contributed by atoms with Crippen molar-refractivity contribution >= 4 is 5.91 Å². The average molecular weight is 397 g/mol. The molecule has 2 saturated heterocycles. The van der Waals surface area contributed by atoms with Crippen molar-refractivity contribution in [3.05, 3.63) is 36.2 Å². The number of rotatable bonds is 5. The molecule has 1 spiro atoms. The smallest absolute Gasteiger partial charge is 0.257 e. The molecule has 1 amide bonds. The molecule has 2 aliphatic rings. The van der Waals surface area contributed by atoms with Gasteiger partial charge in [-0.2, -0.15) is 4.98 Å². The molecule has 3 heterocycles. The summed E-state index contributed by atoms with van der Waals surface area (Å²) in [7, 11) is 2.15. The van der Waals surface area contributed by atoms with Crippen molar-refractivity contribution in [2.24, 2.45) is 11.3 Å². The Hall–Kier alpha value is -2.21. The molecule has 0 aliphatic carbocycles. The minimum absolute atomic E-state index is 0.178. The van der Waals surface area contributed by atoms with Crippen molar-refractivity contribution in [2.75, 3.05) is 26.7 Å². The van der Waals surface area contributed by atoms with E-state index in [9.17, 15) is 4.79 Å². The molecular weight excluding hydrogens is 364 g/mol. The van der Waals surface area contributed by atoms with Gasteiger partial charge >= 0.3 is 0 Å².